The molecule has 7 heteroatoms. The van der Waals surface area contributed by atoms with E-state index in [1.807, 2.05) is 26.8 Å². The van der Waals surface area contributed by atoms with Gasteiger partial charge in [-0.1, -0.05) is 6.07 Å². The van der Waals surface area contributed by atoms with Gasteiger partial charge in [-0.2, -0.15) is 0 Å². The van der Waals surface area contributed by atoms with E-state index in [0.29, 0.717) is 17.2 Å². The van der Waals surface area contributed by atoms with Gasteiger partial charge in [0, 0.05) is 29.6 Å². The minimum Gasteiger partial charge on any atom is -0.326 e. The summed E-state index contributed by atoms with van der Waals surface area (Å²) < 4.78 is 0. The van der Waals surface area contributed by atoms with Gasteiger partial charge in [0.25, 0.3) is 5.91 Å². The van der Waals surface area contributed by atoms with Crippen LogP contribution in [-0.4, -0.2) is 21.8 Å². The first-order chi connectivity index (χ1) is 10.8. The fourth-order valence-corrected chi connectivity index (χ4v) is 2.05. The molecule has 2 aromatic rings. The van der Waals surface area contributed by atoms with Gasteiger partial charge < -0.3 is 5.32 Å². The molecule has 2 amide bonds. The number of nitrogens with one attached hydrogen (secondary N) is 3. The molecular formula is C16H19N5O2. The number of carbonyl (C=O) groups is 2. The lowest BCUT2D eigenvalue weighted by Crippen LogP contribution is -2.30. The van der Waals surface area contributed by atoms with Crippen molar-refractivity contribution in [3.63, 3.8) is 0 Å². The van der Waals surface area contributed by atoms with Crippen LogP contribution in [0.15, 0.2) is 24.3 Å². The van der Waals surface area contributed by atoms with Crippen molar-refractivity contribution >= 4 is 23.5 Å². The Hall–Kier alpha value is -2.96. The molecule has 0 aliphatic heterocycles. The molecule has 1 aromatic heterocycles. The van der Waals surface area contributed by atoms with Gasteiger partial charge in [0.15, 0.2) is 0 Å². The summed E-state index contributed by atoms with van der Waals surface area (Å²) in [7, 11) is 0. The van der Waals surface area contributed by atoms with Crippen molar-refractivity contribution in [2.45, 2.75) is 27.7 Å². The molecule has 1 aromatic carbocycles. The molecule has 0 saturated heterocycles. The minimum absolute atomic E-state index is 0.188. The van der Waals surface area contributed by atoms with Gasteiger partial charge in [0.1, 0.15) is 0 Å². The number of amides is 2. The van der Waals surface area contributed by atoms with Gasteiger partial charge in [-0.3, -0.25) is 20.4 Å². The van der Waals surface area contributed by atoms with E-state index in [0.717, 1.165) is 17.0 Å². The summed E-state index contributed by atoms with van der Waals surface area (Å²) in [6.45, 7) is 6.97. The SMILES string of the molecule is CC(=O)Nc1cc(C(=O)NNc2nc(C)cc(C)n2)ccc1C. The summed E-state index contributed by atoms with van der Waals surface area (Å²) in [5.41, 5.74) is 8.73. The smallest absolute Gasteiger partial charge is 0.269 e. The summed E-state index contributed by atoms with van der Waals surface area (Å²) in [4.78, 5) is 31.7. The molecule has 0 spiro atoms. The number of hydrazine groups is 1. The molecule has 7 nitrogen and oxygen atoms in total. The number of nitrogens with zero attached hydrogens (tertiary/aromatic N) is 2. The number of anilines is 2. The van der Waals surface area contributed by atoms with Gasteiger partial charge in [-0.15, -0.1) is 0 Å². The number of carbonyl (C=O) groups excluding carboxylic acids is 2. The number of benzene rings is 1. The lowest BCUT2D eigenvalue weighted by atomic mass is 10.1. The Kier molecular flexibility index (Phi) is 4.90. The predicted molar refractivity (Wildman–Crippen MR) is 88.1 cm³/mol. The van der Waals surface area contributed by atoms with Gasteiger partial charge >= 0.3 is 0 Å². The molecule has 0 aliphatic carbocycles. The van der Waals surface area contributed by atoms with Crippen molar-refractivity contribution in [3.05, 3.63) is 46.8 Å². The quantitative estimate of drug-likeness (QED) is 0.751. The largest absolute Gasteiger partial charge is 0.326 e. The molecule has 0 atom stereocenters. The van der Waals surface area contributed by atoms with Crippen LogP contribution in [0.3, 0.4) is 0 Å². The van der Waals surface area contributed by atoms with Gasteiger partial charge in [-0.25, -0.2) is 9.97 Å². The fourth-order valence-electron chi connectivity index (χ4n) is 2.05. The van der Waals surface area contributed by atoms with Crippen LogP contribution in [0.2, 0.25) is 0 Å². The van der Waals surface area contributed by atoms with E-state index in [9.17, 15) is 9.59 Å². The first-order valence-electron chi connectivity index (χ1n) is 7.12. The molecule has 2 rings (SSSR count). The van der Waals surface area contributed by atoms with Crippen LogP contribution in [-0.2, 0) is 4.79 Å². The Bertz CT molecular complexity index is 738. The molecule has 0 aliphatic rings. The van der Waals surface area contributed by atoms with Crippen molar-refractivity contribution in [1.29, 1.82) is 0 Å². The number of hydrogen-bond donors (Lipinski definition) is 3. The average molecular weight is 313 g/mol. The van der Waals surface area contributed by atoms with Crippen LogP contribution in [0.5, 0.6) is 0 Å². The van der Waals surface area contributed by atoms with E-state index in [4.69, 9.17) is 0 Å². The Morgan fingerprint density at radius 2 is 1.65 bits per heavy atom. The number of hydrogen-bond acceptors (Lipinski definition) is 5. The Morgan fingerprint density at radius 1 is 1.00 bits per heavy atom. The molecule has 0 radical (unpaired) electrons. The summed E-state index contributed by atoms with van der Waals surface area (Å²) >= 11 is 0. The first-order valence-corrected chi connectivity index (χ1v) is 7.12. The molecule has 3 N–H and O–H groups in total. The molecule has 0 saturated carbocycles. The highest BCUT2D eigenvalue weighted by atomic mass is 16.2. The van der Waals surface area contributed by atoms with Crippen LogP contribution in [0.25, 0.3) is 0 Å². The van der Waals surface area contributed by atoms with E-state index >= 15 is 0 Å². The third-order valence-electron chi connectivity index (χ3n) is 3.08. The normalized spacial score (nSPS) is 10.1. The highest BCUT2D eigenvalue weighted by Crippen LogP contribution is 2.17. The molecule has 0 fully saturated rings. The Balaban J connectivity index is 2.10. The predicted octanol–water partition coefficient (Wildman–Crippen LogP) is 2.12. The second-order valence-corrected chi connectivity index (χ2v) is 5.26. The highest BCUT2D eigenvalue weighted by Gasteiger charge is 2.09. The van der Waals surface area contributed by atoms with E-state index in [2.05, 4.69) is 26.1 Å². The zero-order valence-corrected chi connectivity index (χ0v) is 13.5. The molecule has 0 bridgehead atoms. The Labute approximate surface area is 134 Å². The molecule has 1 heterocycles. The first kappa shape index (κ1) is 16.4. The van der Waals surface area contributed by atoms with Crippen LogP contribution >= 0.6 is 0 Å². The van der Waals surface area contributed by atoms with E-state index in [1.54, 1.807) is 18.2 Å². The summed E-state index contributed by atoms with van der Waals surface area (Å²) in [6, 6.07) is 6.91. The van der Waals surface area contributed by atoms with Crippen LogP contribution in [0.4, 0.5) is 11.6 Å². The average Bonchev–Trinajstić information content (AvgIpc) is 2.45. The molecule has 23 heavy (non-hydrogen) atoms. The zero-order chi connectivity index (χ0) is 17.0. The second kappa shape index (κ2) is 6.87. The standard InChI is InChI=1S/C16H19N5O2/c1-9-5-6-13(8-14(9)19-12(4)22)15(23)20-21-16-17-10(2)7-11(3)18-16/h5-8H,1-4H3,(H,19,22)(H,20,23)(H,17,18,21). The number of rotatable bonds is 4. The lowest BCUT2D eigenvalue weighted by Gasteiger charge is -2.11. The molecule has 0 unspecified atom stereocenters. The van der Waals surface area contributed by atoms with Gasteiger partial charge in [0.05, 0.1) is 0 Å². The second-order valence-electron chi connectivity index (χ2n) is 5.26. The van der Waals surface area contributed by atoms with Crippen molar-refractivity contribution in [3.8, 4) is 0 Å². The van der Waals surface area contributed by atoms with E-state index < -0.39 is 0 Å². The Morgan fingerprint density at radius 3 is 2.26 bits per heavy atom. The zero-order valence-electron chi connectivity index (χ0n) is 13.5. The summed E-state index contributed by atoms with van der Waals surface area (Å²) in [5.74, 6) is -0.211. The van der Waals surface area contributed by atoms with Crippen LogP contribution in [0, 0.1) is 20.8 Å². The third-order valence-corrected chi connectivity index (χ3v) is 3.08. The van der Waals surface area contributed by atoms with Gasteiger partial charge in [0.2, 0.25) is 11.9 Å². The van der Waals surface area contributed by atoms with Crippen LogP contribution in [0.1, 0.15) is 34.2 Å². The maximum Gasteiger partial charge on any atom is 0.269 e. The fraction of sp³-hybridized carbons (Fsp3) is 0.250. The van der Waals surface area contributed by atoms with Gasteiger partial charge in [-0.05, 0) is 44.5 Å². The lowest BCUT2D eigenvalue weighted by molar-refractivity contribution is -0.114. The van der Waals surface area contributed by atoms with Crippen molar-refractivity contribution in [2.75, 3.05) is 10.7 Å². The number of aromatic nitrogens is 2. The minimum atomic E-state index is -0.348. The van der Waals surface area contributed by atoms with Crippen molar-refractivity contribution in [1.82, 2.24) is 15.4 Å². The van der Waals surface area contributed by atoms with Crippen molar-refractivity contribution < 1.29 is 9.59 Å². The van der Waals surface area contributed by atoms with Crippen LogP contribution < -0.4 is 16.2 Å². The topological polar surface area (TPSA) is 96.0 Å². The van der Waals surface area contributed by atoms with E-state index in [-0.39, 0.29) is 11.8 Å². The maximum absolute atomic E-state index is 12.2. The number of aryl methyl sites for hydroxylation is 3. The molecular weight excluding hydrogens is 294 g/mol. The summed E-state index contributed by atoms with van der Waals surface area (Å²) in [5, 5.41) is 2.69. The third kappa shape index (κ3) is 4.50. The summed E-state index contributed by atoms with van der Waals surface area (Å²) in [6.07, 6.45) is 0. The van der Waals surface area contributed by atoms with E-state index in [1.165, 1.54) is 6.92 Å². The maximum atomic E-state index is 12.2. The monoisotopic (exact) mass is 313 g/mol. The van der Waals surface area contributed by atoms with Crippen molar-refractivity contribution in [2.24, 2.45) is 0 Å². The molecule has 120 valence electrons. The highest BCUT2D eigenvalue weighted by molar-refractivity contribution is 5.97.